The number of hydrogen-bond donors (Lipinski definition) is 1. The maximum Gasteiger partial charge on any atom is 0.226 e. The van der Waals surface area contributed by atoms with E-state index < -0.39 is 9.84 Å². The van der Waals surface area contributed by atoms with Gasteiger partial charge in [-0.25, -0.2) is 13.4 Å². The third kappa shape index (κ3) is 4.29. The average Bonchev–Trinajstić information content (AvgIpc) is 3.30. The Kier molecular flexibility index (Phi) is 5.44. The molecule has 1 atom stereocenters. The average molecular weight is 440 g/mol. The summed E-state index contributed by atoms with van der Waals surface area (Å²) in [7, 11) is -3.24. The molecule has 2 aromatic heterocycles. The number of amides is 1. The van der Waals surface area contributed by atoms with Gasteiger partial charge in [-0.3, -0.25) is 9.20 Å². The van der Waals surface area contributed by atoms with Crippen LogP contribution < -0.4 is 5.32 Å². The fourth-order valence-electron chi connectivity index (χ4n) is 3.25. The first-order chi connectivity index (χ1) is 14.3. The second-order valence-corrected chi connectivity index (χ2v) is 10.0. The van der Waals surface area contributed by atoms with E-state index in [4.69, 9.17) is 0 Å². The number of fused-ring (bicyclic) bond motifs is 1. The van der Waals surface area contributed by atoms with Crippen LogP contribution in [0, 0.1) is 0 Å². The van der Waals surface area contributed by atoms with Gasteiger partial charge in [-0.1, -0.05) is 42.5 Å². The fourth-order valence-corrected chi connectivity index (χ4v) is 4.75. The predicted octanol–water partition coefficient (Wildman–Crippen LogP) is 3.89. The van der Waals surface area contributed by atoms with Crippen molar-refractivity contribution in [3.05, 3.63) is 77.4 Å². The van der Waals surface area contributed by atoms with Gasteiger partial charge in [-0.2, -0.15) is 0 Å². The summed E-state index contributed by atoms with van der Waals surface area (Å²) in [4.78, 5) is 18.4. The zero-order valence-corrected chi connectivity index (χ0v) is 18.2. The van der Waals surface area contributed by atoms with Crippen LogP contribution in [0.2, 0.25) is 0 Å². The molecule has 0 aliphatic carbocycles. The summed E-state index contributed by atoms with van der Waals surface area (Å²) in [5.74, 6) is -0.107. The Hall–Kier alpha value is -2.97. The first-order valence-electron chi connectivity index (χ1n) is 9.41. The van der Waals surface area contributed by atoms with E-state index in [1.54, 1.807) is 24.3 Å². The molecule has 0 unspecified atom stereocenters. The van der Waals surface area contributed by atoms with Crippen LogP contribution in [0.25, 0.3) is 16.2 Å². The topological polar surface area (TPSA) is 80.5 Å². The maximum absolute atomic E-state index is 12.6. The van der Waals surface area contributed by atoms with Gasteiger partial charge in [-0.05, 0) is 24.6 Å². The molecule has 0 saturated carbocycles. The smallest absolute Gasteiger partial charge is 0.226 e. The molecule has 6 nitrogen and oxygen atoms in total. The summed E-state index contributed by atoms with van der Waals surface area (Å²) >= 11 is 1.51. The number of thiazole rings is 1. The number of hydrogen-bond acceptors (Lipinski definition) is 5. The molecular weight excluding hydrogens is 418 g/mol. The number of nitrogens with one attached hydrogen (secondary N) is 1. The van der Waals surface area contributed by atoms with Gasteiger partial charge < -0.3 is 5.32 Å². The van der Waals surface area contributed by atoms with Crippen molar-refractivity contribution in [2.24, 2.45) is 0 Å². The van der Waals surface area contributed by atoms with Crippen LogP contribution in [-0.4, -0.2) is 30.0 Å². The van der Waals surface area contributed by atoms with Gasteiger partial charge in [-0.15, -0.1) is 11.3 Å². The summed E-state index contributed by atoms with van der Waals surface area (Å²) in [5.41, 5.74) is 3.64. The van der Waals surface area contributed by atoms with Crippen LogP contribution in [0.4, 0.5) is 0 Å². The van der Waals surface area contributed by atoms with Gasteiger partial charge in [0.1, 0.15) is 0 Å². The van der Waals surface area contributed by atoms with Crippen LogP contribution in [-0.2, 0) is 21.1 Å². The highest BCUT2D eigenvalue weighted by atomic mass is 32.2. The van der Waals surface area contributed by atoms with Crippen molar-refractivity contribution >= 4 is 32.0 Å². The molecule has 8 heteroatoms. The summed E-state index contributed by atoms with van der Waals surface area (Å²) in [6.45, 7) is 1.88. The molecule has 2 aromatic carbocycles. The number of benzene rings is 2. The zero-order valence-electron chi connectivity index (χ0n) is 16.6. The normalized spacial score (nSPS) is 12.7. The highest BCUT2D eigenvalue weighted by Gasteiger charge is 2.15. The van der Waals surface area contributed by atoms with E-state index in [1.165, 1.54) is 17.6 Å². The van der Waals surface area contributed by atoms with Crippen LogP contribution >= 0.6 is 11.3 Å². The number of carbonyl (C=O) groups is 1. The van der Waals surface area contributed by atoms with Gasteiger partial charge in [0.05, 0.1) is 23.1 Å². The van der Waals surface area contributed by atoms with Crippen LogP contribution in [0.15, 0.2) is 71.1 Å². The number of imidazole rings is 1. The number of sulfone groups is 1. The Morgan fingerprint density at radius 2 is 1.83 bits per heavy atom. The molecule has 4 aromatic rings. The van der Waals surface area contributed by atoms with E-state index in [9.17, 15) is 13.2 Å². The minimum absolute atomic E-state index is 0.107. The molecule has 0 fully saturated rings. The monoisotopic (exact) mass is 439 g/mol. The molecule has 1 amide bonds. The second-order valence-electron chi connectivity index (χ2n) is 7.18. The summed E-state index contributed by atoms with van der Waals surface area (Å²) in [6, 6.07) is 16.3. The van der Waals surface area contributed by atoms with Gasteiger partial charge in [0, 0.05) is 29.1 Å². The van der Waals surface area contributed by atoms with E-state index in [-0.39, 0.29) is 23.3 Å². The Labute approximate surface area is 179 Å². The van der Waals surface area contributed by atoms with E-state index >= 15 is 0 Å². The van der Waals surface area contributed by atoms with E-state index in [0.29, 0.717) is 0 Å². The van der Waals surface area contributed by atoms with E-state index in [2.05, 4.69) is 10.3 Å². The van der Waals surface area contributed by atoms with Gasteiger partial charge in [0.2, 0.25) is 5.91 Å². The molecule has 0 saturated heterocycles. The first kappa shape index (κ1) is 20.3. The molecule has 154 valence electrons. The minimum atomic E-state index is -3.24. The van der Waals surface area contributed by atoms with Crippen LogP contribution in [0.5, 0.6) is 0 Å². The van der Waals surface area contributed by atoms with Gasteiger partial charge in [0.15, 0.2) is 14.8 Å². The molecule has 0 aliphatic rings. The predicted molar refractivity (Wildman–Crippen MR) is 118 cm³/mol. The molecule has 1 N–H and O–H groups in total. The Morgan fingerprint density at radius 3 is 2.50 bits per heavy atom. The molecule has 30 heavy (non-hydrogen) atoms. The molecule has 0 radical (unpaired) electrons. The molecule has 0 bridgehead atoms. The lowest BCUT2D eigenvalue weighted by Gasteiger charge is -2.14. The number of nitrogens with zero attached hydrogens (tertiary/aromatic N) is 2. The molecule has 2 heterocycles. The highest BCUT2D eigenvalue weighted by molar-refractivity contribution is 7.90. The lowest BCUT2D eigenvalue weighted by molar-refractivity contribution is -0.121. The zero-order chi connectivity index (χ0) is 21.3. The third-order valence-electron chi connectivity index (χ3n) is 4.88. The molecular formula is C22H21N3O3S2. The van der Waals surface area contributed by atoms with Crippen molar-refractivity contribution in [2.75, 3.05) is 6.26 Å². The minimum Gasteiger partial charge on any atom is -0.349 e. The number of aromatic nitrogens is 2. The number of rotatable bonds is 6. The summed E-state index contributed by atoms with van der Waals surface area (Å²) in [6.07, 6.45) is 3.36. The fraction of sp³-hybridized carbons (Fsp3) is 0.182. The SMILES string of the molecule is C[C@H](NC(=O)Cc1csc2nc(-c3ccccc3)cn12)c1ccc(S(C)(=O)=O)cc1. The van der Waals surface area contributed by atoms with Gasteiger partial charge >= 0.3 is 0 Å². The first-order valence-corrected chi connectivity index (χ1v) is 12.2. The molecule has 4 rings (SSSR count). The van der Waals surface area contributed by atoms with E-state index in [0.717, 1.165) is 27.5 Å². The lowest BCUT2D eigenvalue weighted by Crippen LogP contribution is -2.28. The highest BCUT2D eigenvalue weighted by Crippen LogP contribution is 2.24. The summed E-state index contributed by atoms with van der Waals surface area (Å²) < 4.78 is 25.1. The Bertz CT molecular complexity index is 1290. The van der Waals surface area contributed by atoms with Crippen molar-refractivity contribution < 1.29 is 13.2 Å². The maximum atomic E-state index is 12.6. The lowest BCUT2D eigenvalue weighted by atomic mass is 10.1. The molecule has 0 aliphatic heterocycles. The van der Waals surface area contributed by atoms with Crippen molar-refractivity contribution in [2.45, 2.75) is 24.3 Å². The largest absolute Gasteiger partial charge is 0.349 e. The van der Waals surface area contributed by atoms with Gasteiger partial charge in [0.25, 0.3) is 0 Å². The van der Waals surface area contributed by atoms with E-state index in [1.807, 2.05) is 53.2 Å². The third-order valence-corrected chi connectivity index (χ3v) is 6.90. The number of carbonyl (C=O) groups excluding carboxylic acids is 1. The quantitative estimate of drug-likeness (QED) is 0.494. The standard InChI is InChI=1S/C22H21N3O3S2/c1-15(16-8-10-19(11-9-16)30(2,27)28)23-21(26)12-18-14-29-22-24-20(13-25(18)22)17-6-4-3-5-7-17/h3-11,13-15H,12H2,1-2H3,(H,23,26)/t15-/m0/s1. The van der Waals surface area contributed by atoms with Crippen molar-refractivity contribution in [1.82, 2.24) is 14.7 Å². The van der Waals surface area contributed by atoms with Crippen molar-refractivity contribution in [1.29, 1.82) is 0 Å². The van der Waals surface area contributed by atoms with Crippen molar-refractivity contribution in [3.63, 3.8) is 0 Å². The van der Waals surface area contributed by atoms with Crippen LogP contribution in [0.3, 0.4) is 0 Å². The second kappa shape index (κ2) is 8.04. The summed E-state index contributed by atoms with van der Waals surface area (Å²) in [5, 5.41) is 4.93. The Morgan fingerprint density at radius 1 is 1.13 bits per heavy atom. The Balaban J connectivity index is 1.46. The van der Waals surface area contributed by atoms with Crippen molar-refractivity contribution in [3.8, 4) is 11.3 Å². The molecule has 0 spiro atoms. The van der Waals surface area contributed by atoms with Crippen LogP contribution in [0.1, 0.15) is 24.2 Å².